The molecule has 13 heavy (non-hydrogen) atoms. The SMILES string of the molecule is Oc1cc(-c2ccc(Cl)nc2)on1. The van der Waals surface area contributed by atoms with Crippen molar-refractivity contribution in [1.29, 1.82) is 0 Å². The van der Waals surface area contributed by atoms with Gasteiger partial charge in [0.2, 0.25) is 0 Å². The van der Waals surface area contributed by atoms with Gasteiger partial charge in [-0.05, 0) is 17.3 Å². The molecule has 66 valence electrons. The number of aromatic nitrogens is 2. The molecule has 5 heteroatoms. The van der Waals surface area contributed by atoms with Gasteiger partial charge < -0.3 is 9.63 Å². The molecule has 2 rings (SSSR count). The van der Waals surface area contributed by atoms with Crippen molar-refractivity contribution in [1.82, 2.24) is 10.1 Å². The highest BCUT2D eigenvalue weighted by molar-refractivity contribution is 6.29. The summed E-state index contributed by atoms with van der Waals surface area (Å²) in [5.41, 5.74) is 0.720. The zero-order valence-corrected chi connectivity index (χ0v) is 7.19. The highest BCUT2D eigenvalue weighted by atomic mass is 35.5. The number of nitrogens with zero attached hydrogens (tertiary/aromatic N) is 2. The van der Waals surface area contributed by atoms with E-state index in [0.717, 1.165) is 5.56 Å². The molecule has 0 atom stereocenters. The van der Waals surface area contributed by atoms with Gasteiger partial charge in [-0.3, -0.25) is 0 Å². The van der Waals surface area contributed by atoms with Crippen molar-refractivity contribution in [2.24, 2.45) is 0 Å². The van der Waals surface area contributed by atoms with Crippen molar-refractivity contribution in [3.8, 4) is 17.2 Å². The first kappa shape index (κ1) is 8.07. The van der Waals surface area contributed by atoms with Gasteiger partial charge in [0, 0.05) is 17.8 Å². The minimum atomic E-state index is -0.148. The second kappa shape index (κ2) is 3.06. The number of hydrogen-bond donors (Lipinski definition) is 1. The Morgan fingerprint density at radius 3 is 2.77 bits per heavy atom. The summed E-state index contributed by atoms with van der Waals surface area (Å²) in [6, 6.07) is 4.77. The molecule has 0 fully saturated rings. The van der Waals surface area contributed by atoms with Crippen molar-refractivity contribution in [3.63, 3.8) is 0 Å². The quantitative estimate of drug-likeness (QED) is 0.710. The van der Waals surface area contributed by atoms with Crippen LogP contribution in [0.3, 0.4) is 0 Å². The van der Waals surface area contributed by atoms with E-state index in [0.29, 0.717) is 10.9 Å². The molecule has 0 aliphatic heterocycles. The Bertz CT molecular complexity index is 410. The van der Waals surface area contributed by atoms with E-state index in [1.807, 2.05) is 0 Å². The van der Waals surface area contributed by atoms with E-state index in [-0.39, 0.29) is 5.88 Å². The Balaban J connectivity index is 2.41. The van der Waals surface area contributed by atoms with Crippen LogP contribution in [0.2, 0.25) is 5.15 Å². The minimum Gasteiger partial charge on any atom is -0.491 e. The fourth-order valence-corrected chi connectivity index (χ4v) is 1.04. The number of halogens is 1. The van der Waals surface area contributed by atoms with Crippen LogP contribution in [0, 0.1) is 0 Å². The topological polar surface area (TPSA) is 59.2 Å². The molecular formula is C8H5ClN2O2. The third kappa shape index (κ3) is 1.62. The van der Waals surface area contributed by atoms with Crippen LogP contribution in [0.4, 0.5) is 0 Å². The second-order valence-electron chi connectivity index (χ2n) is 2.42. The first-order valence-corrected chi connectivity index (χ1v) is 3.91. The van der Waals surface area contributed by atoms with Gasteiger partial charge in [0.15, 0.2) is 5.76 Å². The molecule has 0 saturated carbocycles. The Morgan fingerprint density at radius 2 is 2.23 bits per heavy atom. The number of aromatic hydroxyl groups is 1. The van der Waals surface area contributed by atoms with Crippen molar-refractivity contribution in [2.75, 3.05) is 0 Å². The highest BCUT2D eigenvalue weighted by Crippen LogP contribution is 2.22. The summed E-state index contributed by atoms with van der Waals surface area (Å²) in [5.74, 6) is 0.312. The molecular weight excluding hydrogens is 192 g/mol. The maximum atomic E-state index is 8.92. The summed E-state index contributed by atoms with van der Waals surface area (Å²) in [6.45, 7) is 0. The number of rotatable bonds is 1. The molecule has 0 bridgehead atoms. The van der Waals surface area contributed by atoms with Gasteiger partial charge in [0.05, 0.1) is 0 Å². The van der Waals surface area contributed by atoms with Gasteiger partial charge in [-0.25, -0.2) is 4.98 Å². The largest absolute Gasteiger partial charge is 0.491 e. The van der Waals surface area contributed by atoms with E-state index in [4.69, 9.17) is 21.2 Å². The Hall–Kier alpha value is -1.55. The standard InChI is InChI=1S/C8H5ClN2O2/c9-7-2-1-5(4-10-7)6-3-8(12)11-13-6/h1-4H,(H,11,12). The molecule has 2 aromatic heterocycles. The Labute approximate surface area is 78.8 Å². The number of pyridine rings is 1. The monoisotopic (exact) mass is 196 g/mol. The lowest BCUT2D eigenvalue weighted by atomic mass is 10.2. The van der Waals surface area contributed by atoms with Crippen LogP contribution in [0.5, 0.6) is 5.88 Å². The molecule has 2 heterocycles. The lowest BCUT2D eigenvalue weighted by Gasteiger charge is -1.92. The summed E-state index contributed by atoms with van der Waals surface area (Å²) in [5, 5.41) is 12.7. The summed E-state index contributed by atoms with van der Waals surface area (Å²) < 4.78 is 4.81. The normalized spacial score (nSPS) is 10.2. The van der Waals surface area contributed by atoms with Crippen LogP contribution in [0.1, 0.15) is 0 Å². The minimum absolute atomic E-state index is 0.148. The molecule has 1 N–H and O–H groups in total. The summed E-state index contributed by atoms with van der Waals surface area (Å²) in [4.78, 5) is 3.86. The van der Waals surface area contributed by atoms with Crippen molar-refractivity contribution in [2.45, 2.75) is 0 Å². The second-order valence-corrected chi connectivity index (χ2v) is 2.81. The molecule has 0 saturated heterocycles. The van der Waals surface area contributed by atoms with E-state index in [9.17, 15) is 0 Å². The van der Waals surface area contributed by atoms with Crippen LogP contribution in [-0.2, 0) is 0 Å². The fraction of sp³-hybridized carbons (Fsp3) is 0. The zero-order valence-electron chi connectivity index (χ0n) is 6.44. The lowest BCUT2D eigenvalue weighted by Crippen LogP contribution is -1.76. The first-order chi connectivity index (χ1) is 6.25. The predicted octanol–water partition coefficient (Wildman–Crippen LogP) is 2.10. The zero-order chi connectivity index (χ0) is 9.26. The van der Waals surface area contributed by atoms with E-state index in [1.54, 1.807) is 18.3 Å². The van der Waals surface area contributed by atoms with Gasteiger partial charge in [-0.1, -0.05) is 11.6 Å². The van der Waals surface area contributed by atoms with Crippen LogP contribution >= 0.6 is 11.6 Å². The molecule has 0 radical (unpaired) electrons. The van der Waals surface area contributed by atoms with Gasteiger partial charge >= 0.3 is 0 Å². The summed E-state index contributed by atoms with van der Waals surface area (Å²) in [7, 11) is 0. The van der Waals surface area contributed by atoms with Crippen LogP contribution in [0.15, 0.2) is 28.9 Å². The molecule has 2 aromatic rings. The molecule has 0 aromatic carbocycles. The van der Waals surface area contributed by atoms with Gasteiger partial charge in [0.1, 0.15) is 5.15 Å². The average molecular weight is 197 g/mol. The Kier molecular flexibility index (Phi) is 1.90. The van der Waals surface area contributed by atoms with Crippen LogP contribution in [0.25, 0.3) is 11.3 Å². The third-order valence-corrected chi connectivity index (χ3v) is 1.73. The van der Waals surface area contributed by atoms with Crippen molar-refractivity contribution >= 4 is 11.6 Å². The molecule has 0 aliphatic rings. The van der Waals surface area contributed by atoms with Crippen LogP contribution < -0.4 is 0 Å². The molecule has 0 spiro atoms. The van der Waals surface area contributed by atoms with Crippen LogP contribution in [-0.4, -0.2) is 15.2 Å². The van der Waals surface area contributed by atoms with E-state index >= 15 is 0 Å². The maximum absolute atomic E-state index is 8.92. The van der Waals surface area contributed by atoms with Gasteiger partial charge in [-0.2, -0.15) is 0 Å². The van der Waals surface area contributed by atoms with E-state index < -0.39 is 0 Å². The number of hydrogen-bond acceptors (Lipinski definition) is 4. The smallest absolute Gasteiger partial charge is 0.252 e. The molecule has 0 amide bonds. The highest BCUT2D eigenvalue weighted by Gasteiger charge is 2.05. The average Bonchev–Trinajstić information content (AvgIpc) is 2.53. The predicted molar refractivity (Wildman–Crippen MR) is 46.4 cm³/mol. The third-order valence-electron chi connectivity index (χ3n) is 1.51. The van der Waals surface area contributed by atoms with Crippen molar-refractivity contribution < 1.29 is 9.63 Å². The van der Waals surface area contributed by atoms with Gasteiger partial charge in [0.25, 0.3) is 5.88 Å². The lowest BCUT2D eigenvalue weighted by molar-refractivity contribution is 0.365. The van der Waals surface area contributed by atoms with E-state index in [2.05, 4.69) is 10.1 Å². The Morgan fingerprint density at radius 1 is 1.38 bits per heavy atom. The molecule has 4 nitrogen and oxygen atoms in total. The van der Waals surface area contributed by atoms with Gasteiger partial charge in [-0.15, -0.1) is 0 Å². The first-order valence-electron chi connectivity index (χ1n) is 3.53. The summed E-state index contributed by atoms with van der Waals surface area (Å²) in [6.07, 6.45) is 1.54. The van der Waals surface area contributed by atoms with Crippen molar-refractivity contribution in [3.05, 3.63) is 29.5 Å². The summed E-state index contributed by atoms with van der Waals surface area (Å²) >= 11 is 5.60. The molecule has 0 aliphatic carbocycles. The molecule has 0 unspecified atom stereocenters. The van der Waals surface area contributed by atoms with E-state index in [1.165, 1.54) is 6.07 Å². The fourth-order valence-electron chi connectivity index (χ4n) is 0.924. The maximum Gasteiger partial charge on any atom is 0.252 e.